The lowest BCUT2D eigenvalue weighted by atomic mass is 9.71. The van der Waals surface area contributed by atoms with E-state index in [1.807, 2.05) is 38.1 Å². The number of rotatable bonds is 10. The smallest absolute Gasteiger partial charge is 0.326 e. The Balaban J connectivity index is 1.77. The van der Waals surface area contributed by atoms with E-state index in [-0.39, 0.29) is 52.0 Å². The van der Waals surface area contributed by atoms with E-state index in [9.17, 15) is 13.2 Å². The number of amides is 3. The van der Waals surface area contributed by atoms with Gasteiger partial charge in [-0.25, -0.2) is 17.9 Å². The van der Waals surface area contributed by atoms with Gasteiger partial charge in [0.1, 0.15) is 27.6 Å². The number of benzene rings is 3. The highest BCUT2D eigenvalue weighted by atomic mass is 35.5. The molecule has 3 amide bonds. The van der Waals surface area contributed by atoms with E-state index in [1.54, 1.807) is 61.8 Å². The first-order valence-corrected chi connectivity index (χ1v) is 19.6. The van der Waals surface area contributed by atoms with E-state index >= 15 is 4.79 Å². The zero-order chi connectivity index (χ0) is 38.2. The van der Waals surface area contributed by atoms with Gasteiger partial charge in [0.15, 0.2) is 0 Å². The van der Waals surface area contributed by atoms with E-state index in [1.165, 1.54) is 12.1 Å². The fourth-order valence-electron chi connectivity index (χ4n) is 6.79. The fraction of sp³-hybridized carbons (Fsp3) is 0.432. The van der Waals surface area contributed by atoms with Crippen LogP contribution in [0.5, 0.6) is 5.75 Å². The molecule has 0 aliphatic carbocycles. The Bertz CT molecular complexity index is 1960. The highest BCUT2D eigenvalue weighted by Gasteiger charge is 2.60. The minimum absolute atomic E-state index is 0.0477. The van der Waals surface area contributed by atoms with Crippen molar-refractivity contribution >= 4 is 62.6 Å². The second kappa shape index (κ2) is 15.2. The average Bonchev–Trinajstić information content (AvgIpc) is 3.31. The molecule has 0 bridgehead atoms. The number of halogens is 3. The van der Waals surface area contributed by atoms with Crippen LogP contribution in [-0.4, -0.2) is 85.8 Å². The van der Waals surface area contributed by atoms with Gasteiger partial charge in [-0.2, -0.15) is 0 Å². The lowest BCUT2D eigenvalue weighted by Gasteiger charge is -2.47. The van der Waals surface area contributed by atoms with Gasteiger partial charge < -0.3 is 15.4 Å². The minimum atomic E-state index is -4.15. The molecule has 3 N–H and O–H groups in total. The Labute approximate surface area is 321 Å². The van der Waals surface area contributed by atoms with Gasteiger partial charge in [0.25, 0.3) is 0 Å². The van der Waals surface area contributed by atoms with Crippen molar-refractivity contribution in [3.05, 3.63) is 92.4 Å². The predicted molar refractivity (Wildman–Crippen MR) is 206 cm³/mol. The number of amidine groups is 1. The molecule has 15 heteroatoms. The van der Waals surface area contributed by atoms with Gasteiger partial charge in [-0.05, 0) is 83.0 Å². The molecule has 1 fully saturated rings. The normalized spacial score (nSPS) is 21.3. The van der Waals surface area contributed by atoms with E-state index in [0.717, 1.165) is 11.1 Å². The summed E-state index contributed by atoms with van der Waals surface area (Å²) in [7, 11) is -4.15. The van der Waals surface area contributed by atoms with Crippen LogP contribution in [0.1, 0.15) is 64.7 Å². The number of sulfonamides is 1. The molecule has 0 unspecified atom stereocenters. The van der Waals surface area contributed by atoms with Crippen LogP contribution in [0.15, 0.2) is 70.6 Å². The van der Waals surface area contributed by atoms with Gasteiger partial charge in [-0.1, -0.05) is 59.1 Å². The quantitative estimate of drug-likeness (QED) is 0.237. The minimum Gasteiger partial charge on any atom is -0.493 e. The Kier molecular flexibility index (Phi) is 11.6. The first-order valence-electron chi connectivity index (χ1n) is 17.0. The van der Waals surface area contributed by atoms with Crippen LogP contribution in [-0.2, 0) is 25.9 Å². The SMILES string of the molecule is CCOc1cc(Cl)c(S(=O)(=O)NC(C)(C)C)cc1C1=N[C@@](C)(c2ccc(Cl)cc2)[C@@](C)(c2ccc(Cl)cc2)N1C(=O)N1CCN(CCC(N)=O)CC1. The third kappa shape index (κ3) is 7.93. The molecule has 3 aromatic rings. The summed E-state index contributed by atoms with van der Waals surface area (Å²) in [6, 6.07) is 17.1. The third-order valence-electron chi connectivity index (χ3n) is 9.56. The standard InChI is InChI=1S/C37H45Cl3N6O5S/c1-7-51-30-23-29(40)31(52(49,50)43-35(2,3)4)22-28(30)33-42-36(5,24-8-12-26(38)13-9-24)37(6,25-10-14-27(39)15-11-25)46(33)34(48)45-20-18-44(19-21-45)17-16-32(41)47/h8-15,22-23,43H,7,16-21H2,1-6H3,(H2,41,47)/t36-,37+/m0/s1. The third-order valence-corrected chi connectivity index (χ3v) is 12.3. The molecule has 0 saturated carbocycles. The summed E-state index contributed by atoms with van der Waals surface area (Å²) in [6.45, 7) is 13.4. The maximum absolute atomic E-state index is 15.2. The number of carbonyl (C=O) groups is 2. The number of ether oxygens (including phenoxy) is 1. The molecule has 1 saturated heterocycles. The molecular weight excluding hydrogens is 747 g/mol. The number of primary amides is 1. The number of nitrogens with one attached hydrogen (secondary N) is 1. The Morgan fingerprint density at radius 3 is 2.00 bits per heavy atom. The van der Waals surface area contributed by atoms with Gasteiger partial charge in [0, 0.05) is 60.8 Å². The van der Waals surface area contributed by atoms with Crippen molar-refractivity contribution < 1.29 is 22.7 Å². The van der Waals surface area contributed by atoms with Gasteiger partial charge >= 0.3 is 6.03 Å². The largest absolute Gasteiger partial charge is 0.493 e. The zero-order valence-corrected chi connectivity index (χ0v) is 33.3. The Hall–Kier alpha value is -3.39. The van der Waals surface area contributed by atoms with Crippen LogP contribution in [0.2, 0.25) is 15.1 Å². The number of piperazine rings is 1. The number of nitrogens with two attached hydrogens (primary N) is 1. The van der Waals surface area contributed by atoms with E-state index in [0.29, 0.717) is 42.8 Å². The van der Waals surface area contributed by atoms with E-state index in [2.05, 4.69) is 9.62 Å². The summed E-state index contributed by atoms with van der Waals surface area (Å²) in [5.74, 6) is 0.0704. The first-order chi connectivity index (χ1) is 24.3. The molecule has 52 heavy (non-hydrogen) atoms. The number of nitrogens with zero attached hydrogens (tertiary/aromatic N) is 4. The fourth-order valence-corrected chi connectivity index (χ4v) is 9.00. The molecule has 2 heterocycles. The summed E-state index contributed by atoms with van der Waals surface area (Å²) in [5.41, 5.74) is 3.97. The second-order valence-electron chi connectivity index (χ2n) is 14.3. The molecule has 11 nitrogen and oxygen atoms in total. The van der Waals surface area contributed by atoms with Crippen LogP contribution in [0, 0.1) is 0 Å². The van der Waals surface area contributed by atoms with Crippen molar-refractivity contribution in [2.45, 2.75) is 69.5 Å². The Morgan fingerprint density at radius 2 is 1.48 bits per heavy atom. The highest BCUT2D eigenvalue weighted by molar-refractivity contribution is 7.89. The molecule has 0 radical (unpaired) electrons. The van der Waals surface area contributed by atoms with Crippen molar-refractivity contribution in [2.75, 3.05) is 39.3 Å². The number of aliphatic imine (C=N–C) groups is 1. The molecule has 0 spiro atoms. The summed E-state index contributed by atoms with van der Waals surface area (Å²) in [6.07, 6.45) is 0.219. The summed E-state index contributed by atoms with van der Waals surface area (Å²) in [4.78, 5) is 37.4. The highest BCUT2D eigenvalue weighted by Crippen LogP contribution is 2.54. The number of hydrogen-bond donors (Lipinski definition) is 2. The van der Waals surface area contributed by atoms with Gasteiger partial charge in [-0.3, -0.25) is 19.6 Å². The Morgan fingerprint density at radius 1 is 0.923 bits per heavy atom. The molecule has 2 aliphatic heterocycles. The molecule has 0 aromatic heterocycles. The zero-order valence-electron chi connectivity index (χ0n) is 30.2. The van der Waals surface area contributed by atoms with Gasteiger partial charge in [-0.15, -0.1) is 0 Å². The first kappa shape index (κ1) is 39.8. The van der Waals surface area contributed by atoms with Crippen LogP contribution >= 0.6 is 34.8 Å². The van der Waals surface area contributed by atoms with Crippen molar-refractivity contribution in [2.24, 2.45) is 10.7 Å². The van der Waals surface area contributed by atoms with Crippen LogP contribution in [0.3, 0.4) is 0 Å². The molecule has 2 atom stereocenters. The lowest BCUT2D eigenvalue weighted by Crippen LogP contribution is -2.60. The van der Waals surface area contributed by atoms with Gasteiger partial charge in [0.2, 0.25) is 15.9 Å². The van der Waals surface area contributed by atoms with Crippen LogP contribution < -0.4 is 15.2 Å². The maximum atomic E-state index is 15.2. The average molecular weight is 792 g/mol. The summed E-state index contributed by atoms with van der Waals surface area (Å²) >= 11 is 19.4. The van der Waals surface area contributed by atoms with Crippen molar-refractivity contribution in [3.63, 3.8) is 0 Å². The van der Waals surface area contributed by atoms with E-state index in [4.69, 9.17) is 50.3 Å². The second-order valence-corrected chi connectivity index (χ2v) is 17.3. The van der Waals surface area contributed by atoms with E-state index < -0.39 is 26.6 Å². The lowest BCUT2D eigenvalue weighted by molar-refractivity contribution is -0.118. The number of hydrogen-bond acceptors (Lipinski definition) is 7. The maximum Gasteiger partial charge on any atom is 0.326 e. The van der Waals surface area contributed by atoms with Crippen LogP contribution in [0.25, 0.3) is 0 Å². The molecular formula is C37H45Cl3N6O5S. The number of urea groups is 1. The van der Waals surface area contributed by atoms with Crippen molar-refractivity contribution in [1.29, 1.82) is 0 Å². The monoisotopic (exact) mass is 790 g/mol. The topological polar surface area (TPSA) is 138 Å². The molecule has 280 valence electrons. The summed E-state index contributed by atoms with van der Waals surface area (Å²) in [5, 5.41) is 0.998. The molecule has 5 rings (SSSR count). The van der Waals surface area contributed by atoms with Gasteiger partial charge in [0.05, 0.1) is 17.2 Å². The van der Waals surface area contributed by atoms with Crippen LogP contribution in [0.4, 0.5) is 4.79 Å². The molecule has 2 aliphatic rings. The summed E-state index contributed by atoms with van der Waals surface area (Å²) < 4.78 is 36.4. The molecule has 3 aromatic carbocycles. The number of carbonyl (C=O) groups excluding carboxylic acids is 2. The van der Waals surface area contributed by atoms with Crippen molar-refractivity contribution in [3.8, 4) is 5.75 Å². The predicted octanol–water partition coefficient (Wildman–Crippen LogP) is 6.63. The van der Waals surface area contributed by atoms with Crippen molar-refractivity contribution in [1.82, 2.24) is 19.4 Å².